The molecule has 1 aliphatic rings. The van der Waals surface area contributed by atoms with Crippen molar-refractivity contribution in [2.75, 3.05) is 19.6 Å². The van der Waals surface area contributed by atoms with Crippen LogP contribution in [0, 0.1) is 12.8 Å². The summed E-state index contributed by atoms with van der Waals surface area (Å²) in [6, 6.07) is 10.2. The number of aromatic nitrogens is 1. The van der Waals surface area contributed by atoms with Crippen molar-refractivity contribution >= 4 is 42.1 Å². The van der Waals surface area contributed by atoms with Gasteiger partial charge in [-0.1, -0.05) is 30.3 Å². The van der Waals surface area contributed by atoms with Crippen LogP contribution in [0.5, 0.6) is 0 Å². The molecule has 0 spiro atoms. The number of thiazole rings is 1. The van der Waals surface area contributed by atoms with Gasteiger partial charge in [-0.25, -0.2) is 4.98 Å². The van der Waals surface area contributed by atoms with Crippen molar-refractivity contribution in [1.29, 1.82) is 0 Å². The van der Waals surface area contributed by atoms with Gasteiger partial charge in [0.25, 0.3) is 5.91 Å². The van der Waals surface area contributed by atoms with Gasteiger partial charge in [-0.05, 0) is 44.3 Å². The summed E-state index contributed by atoms with van der Waals surface area (Å²) in [6.07, 6.45) is 3.17. The van der Waals surface area contributed by atoms with Crippen molar-refractivity contribution in [3.05, 3.63) is 51.5 Å². The third kappa shape index (κ3) is 6.26. The number of nitrogens with zero attached hydrogens (tertiary/aromatic N) is 1. The lowest BCUT2D eigenvalue weighted by Crippen LogP contribution is -2.38. The predicted octanol–water partition coefficient (Wildman–Crippen LogP) is 3.62. The number of hydrogen-bond donors (Lipinski definition) is 2. The SMILES string of the molecule is Cc1nc(Cc2ccccc2)sc1C(=O)NCC1CCCNC1.Cl.Cl. The average Bonchev–Trinajstić information content (AvgIpc) is 2.95. The molecule has 2 heterocycles. The van der Waals surface area contributed by atoms with Gasteiger partial charge >= 0.3 is 0 Å². The van der Waals surface area contributed by atoms with Gasteiger partial charge in [-0.3, -0.25) is 4.79 Å². The number of nitrogens with one attached hydrogen (secondary N) is 2. The molecular weight excluding hydrogens is 377 g/mol. The van der Waals surface area contributed by atoms with E-state index in [0.717, 1.165) is 41.6 Å². The number of rotatable bonds is 5. The molecule has 25 heavy (non-hydrogen) atoms. The normalized spacial score (nSPS) is 16.4. The predicted molar refractivity (Wildman–Crippen MR) is 109 cm³/mol. The molecule has 3 rings (SSSR count). The Bertz CT molecular complexity index is 658. The zero-order valence-electron chi connectivity index (χ0n) is 14.3. The van der Waals surface area contributed by atoms with Crippen molar-refractivity contribution in [2.24, 2.45) is 5.92 Å². The Balaban J connectivity index is 0.00000156. The topological polar surface area (TPSA) is 54.0 Å². The van der Waals surface area contributed by atoms with E-state index in [4.69, 9.17) is 0 Å². The summed E-state index contributed by atoms with van der Waals surface area (Å²) < 4.78 is 0. The van der Waals surface area contributed by atoms with Gasteiger partial charge in [0.05, 0.1) is 10.7 Å². The molecule has 138 valence electrons. The summed E-state index contributed by atoms with van der Waals surface area (Å²) in [7, 11) is 0. The first-order valence-corrected chi connectivity index (χ1v) is 9.03. The van der Waals surface area contributed by atoms with E-state index in [-0.39, 0.29) is 30.7 Å². The largest absolute Gasteiger partial charge is 0.351 e. The van der Waals surface area contributed by atoms with Crippen LogP contribution >= 0.6 is 36.2 Å². The van der Waals surface area contributed by atoms with Gasteiger partial charge in [0.15, 0.2) is 0 Å². The highest BCUT2D eigenvalue weighted by atomic mass is 35.5. The second kappa shape index (κ2) is 10.8. The van der Waals surface area contributed by atoms with Crippen LogP contribution in [0.15, 0.2) is 30.3 Å². The summed E-state index contributed by atoms with van der Waals surface area (Å²) in [5.41, 5.74) is 2.06. The zero-order chi connectivity index (χ0) is 16.1. The Morgan fingerprint density at radius 3 is 2.76 bits per heavy atom. The van der Waals surface area contributed by atoms with Gasteiger partial charge in [0.2, 0.25) is 0 Å². The molecule has 0 saturated carbocycles. The summed E-state index contributed by atoms with van der Waals surface area (Å²) in [5.74, 6) is 0.564. The number of piperidine rings is 1. The third-order valence-electron chi connectivity index (χ3n) is 4.20. The van der Waals surface area contributed by atoms with Crippen molar-refractivity contribution in [1.82, 2.24) is 15.6 Å². The first-order chi connectivity index (χ1) is 11.2. The summed E-state index contributed by atoms with van der Waals surface area (Å²) in [4.78, 5) is 17.7. The first-order valence-electron chi connectivity index (χ1n) is 8.21. The van der Waals surface area contributed by atoms with Gasteiger partial charge in [-0.15, -0.1) is 36.2 Å². The minimum absolute atomic E-state index is 0. The fourth-order valence-electron chi connectivity index (χ4n) is 2.92. The highest BCUT2D eigenvalue weighted by molar-refractivity contribution is 7.13. The monoisotopic (exact) mass is 401 g/mol. The van der Waals surface area contributed by atoms with Crippen LogP contribution < -0.4 is 10.6 Å². The number of hydrogen-bond acceptors (Lipinski definition) is 4. The second-order valence-corrected chi connectivity index (χ2v) is 7.19. The minimum Gasteiger partial charge on any atom is -0.351 e. The molecule has 1 fully saturated rings. The lowest BCUT2D eigenvalue weighted by Gasteiger charge is -2.22. The fraction of sp³-hybridized carbons (Fsp3) is 0.444. The Hall–Kier alpha value is -1.14. The molecule has 1 amide bonds. The van der Waals surface area contributed by atoms with E-state index in [1.807, 2.05) is 25.1 Å². The van der Waals surface area contributed by atoms with Crippen molar-refractivity contribution in [3.8, 4) is 0 Å². The van der Waals surface area contributed by atoms with Crippen molar-refractivity contribution in [3.63, 3.8) is 0 Å². The van der Waals surface area contributed by atoms with E-state index in [2.05, 4.69) is 27.8 Å². The van der Waals surface area contributed by atoms with Gasteiger partial charge in [-0.2, -0.15) is 0 Å². The first kappa shape index (κ1) is 21.9. The van der Waals surface area contributed by atoms with Crippen molar-refractivity contribution < 1.29 is 4.79 Å². The lowest BCUT2D eigenvalue weighted by molar-refractivity contribution is 0.0948. The Kier molecular flexibility index (Phi) is 9.43. The lowest BCUT2D eigenvalue weighted by atomic mass is 10.00. The van der Waals surface area contributed by atoms with E-state index in [0.29, 0.717) is 5.92 Å². The number of benzene rings is 1. The van der Waals surface area contributed by atoms with Crippen molar-refractivity contribution in [2.45, 2.75) is 26.2 Å². The Morgan fingerprint density at radius 1 is 1.32 bits per heavy atom. The quantitative estimate of drug-likeness (QED) is 0.803. The van der Waals surface area contributed by atoms with Gasteiger partial charge in [0, 0.05) is 13.0 Å². The van der Waals surface area contributed by atoms with Crippen LogP contribution in [0.4, 0.5) is 0 Å². The maximum absolute atomic E-state index is 12.4. The van der Waals surface area contributed by atoms with Crippen LogP contribution in [-0.2, 0) is 6.42 Å². The Morgan fingerprint density at radius 2 is 2.08 bits per heavy atom. The maximum atomic E-state index is 12.4. The van der Waals surface area contributed by atoms with E-state index in [1.165, 1.54) is 29.7 Å². The molecule has 2 N–H and O–H groups in total. The number of carbonyl (C=O) groups excluding carboxylic acids is 1. The molecule has 1 aromatic heterocycles. The molecule has 7 heteroatoms. The van der Waals surface area contributed by atoms with E-state index in [9.17, 15) is 4.79 Å². The third-order valence-corrected chi connectivity index (χ3v) is 5.35. The van der Waals surface area contributed by atoms with E-state index < -0.39 is 0 Å². The molecule has 1 aliphatic heterocycles. The zero-order valence-corrected chi connectivity index (χ0v) is 16.7. The molecular formula is C18H25Cl2N3OS. The molecule has 0 bridgehead atoms. The molecule has 1 saturated heterocycles. The maximum Gasteiger partial charge on any atom is 0.263 e. The highest BCUT2D eigenvalue weighted by Gasteiger charge is 2.18. The van der Waals surface area contributed by atoms with Crippen LogP contribution in [0.3, 0.4) is 0 Å². The minimum atomic E-state index is 0. The molecule has 1 unspecified atom stereocenters. The number of amides is 1. The van der Waals surface area contributed by atoms with E-state index in [1.54, 1.807) is 0 Å². The molecule has 4 nitrogen and oxygen atoms in total. The van der Waals surface area contributed by atoms with Crippen LogP contribution in [-0.4, -0.2) is 30.5 Å². The number of carbonyl (C=O) groups is 1. The molecule has 0 radical (unpaired) electrons. The van der Waals surface area contributed by atoms with Gasteiger partial charge < -0.3 is 10.6 Å². The smallest absolute Gasteiger partial charge is 0.263 e. The standard InChI is InChI=1S/C18H23N3OS.2ClH/c1-13-17(18(22)20-12-15-8-5-9-19-11-15)23-16(21-13)10-14-6-3-2-4-7-14;;/h2-4,6-7,15,19H,5,8-12H2,1H3,(H,20,22);2*1H. The average molecular weight is 402 g/mol. The summed E-state index contributed by atoms with van der Waals surface area (Å²) >= 11 is 1.51. The molecule has 0 aliphatic carbocycles. The van der Waals surface area contributed by atoms with Gasteiger partial charge in [0.1, 0.15) is 4.88 Å². The Labute approximate surface area is 165 Å². The van der Waals surface area contributed by atoms with Crippen LogP contribution in [0.1, 0.15) is 38.8 Å². The van der Waals surface area contributed by atoms with Crippen LogP contribution in [0.25, 0.3) is 0 Å². The molecule has 1 aromatic carbocycles. The highest BCUT2D eigenvalue weighted by Crippen LogP contribution is 2.21. The summed E-state index contributed by atoms with van der Waals surface area (Å²) in [5, 5.41) is 7.46. The summed E-state index contributed by atoms with van der Waals surface area (Å²) in [6.45, 7) is 4.77. The molecule has 1 atom stereocenters. The second-order valence-electron chi connectivity index (χ2n) is 6.11. The fourth-order valence-corrected chi connectivity index (χ4v) is 3.94. The van der Waals surface area contributed by atoms with E-state index >= 15 is 0 Å². The number of halogens is 2. The molecule has 2 aromatic rings. The number of aryl methyl sites for hydroxylation is 1. The van der Waals surface area contributed by atoms with Crippen LogP contribution in [0.2, 0.25) is 0 Å².